The minimum Gasteiger partial charge on any atom is -0.314 e. The minimum absolute atomic E-state index is 0.277. The van der Waals surface area contributed by atoms with Crippen LogP contribution in [0.25, 0.3) is 0 Å². The first-order valence-electron chi connectivity index (χ1n) is 6.87. The quantitative estimate of drug-likeness (QED) is 0.903. The number of benzene rings is 1. The largest absolute Gasteiger partial charge is 0.314 e. The lowest BCUT2D eigenvalue weighted by atomic mass is 10.1. The zero-order chi connectivity index (χ0) is 14.7. The molecule has 1 aromatic carbocycles. The molecule has 108 valence electrons. The molecule has 0 saturated carbocycles. The molecule has 0 aliphatic heterocycles. The fraction of sp³-hybridized carbons (Fsp3) is 0.467. The van der Waals surface area contributed by atoms with Crippen molar-refractivity contribution in [3.05, 3.63) is 46.0 Å². The van der Waals surface area contributed by atoms with Gasteiger partial charge < -0.3 is 9.88 Å². The van der Waals surface area contributed by atoms with Crippen LogP contribution < -0.4 is 5.32 Å². The van der Waals surface area contributed by atoms with E-state index in [9.17, 15) is 0 Å². The number of hydrogen-bond donors (Lipinski definition) is 1. The molecule has 0 radical (unpaired) electrons. The lowest BCUT2D eigenvalue weighted by Crippen LogP contribution is -2.21. The van der Waals surface area contributed by atoms with Crippen molar-refractivity contribution < 1.29 is 0 Å². The number of rotatable bonds is 5. The molecule has 0 unspecified atom stereocenters. The highest BCUT2D eigenvalue weighted by molar-refractivity contribution is 9.10. The second-order valence-electron chi connectivity index (χ2n) is 5.36. The fourth-order valence-electron chi connectivity index (χ4n) is 2.12. The van der Waals surface area contributed by atoms with Gasteiger partial charge in [0.05, 0.1) is 6.54 Å². The maximum atomic E-state index is 4.18. The van der Waals surface area contributed by atoms with Crippen molar-refractivity contribution in [1.82, 2.24) is 20.1 Å². The normalized spacial score (nSPS) is 12.9. The Kier molecular flexibility index (Phi) is 4.94. The summed E-state index contributed by atoms with van der Waals surface area (Å²) in [5, 5.41) is 11.7. The van der Waals surface area contributed by atoms with Crippen molar-refractivity contribution in [2.45, 2.75) is 46.3 Å². The van der Waals surface area contributed by atoms with Gasteiger partial charge in [-0.2, -0.15) is 0 Å². The summed E-state index contributed by atoms with van der Waals surface area (Å²) in [7, 11) is 0. The van der Waals surface area contributed by atoms with Gasteiger partial charge in [0.2, 0.25) is 0 Å². The summed E-state index contributed by atoms with van der Waals surface area (Å²) in [6.07, 6.45) is 1.79. The molecule has 0 aliphatic rings. The van der Waals surface area contributed by atoms with E-state index in [0.717, 1.165) is 10.3 Å². The van der Waals surface area contributed by atoms with Gasteiger partial charge in [0.15, 0.2) is 0 Å². The smallest absolute Gasteiger partial charge is 0.147 e. The number of aromatic nitrogens is 3. The Morgan fingerprint density at radius 3 is 2.70 bits per heavy atom. The highest BCUT2D eigenvalue weighted by Crippen LogP contribution is 2.21. The van der Waals surface area contributed by atoms with E-state index in [1.54, 1.807) is 6.33 Å². The molecule has 0 amide bonds. The fourth-order valence-corrected chi connectivity index (χ4v) is 2.37. The molecule has 0 aliphatic carbocycles. The summed E-state index contributed by atoms with van der Waals surface area (Å²) in [6, 6.07) is 7.10. The Morgan fingerprint density at radius 2 is 2.05 bits per heavy atom. The van der Waals surface area contributed by atoms with Gasteiger partial charge in [-0.05, 0) is 44.9 Å². The third-order valence-electron chi connectivity index (χ3n) is 3.45. The van der Waals surface area contributed by atoms with E-state index in [1.807, 2.05) is 0 Å². The van der Waals surface area contributed by atoms with E-state index in [-0.39, 0.29) is 6.04 Å². The molecule has 2 aromatic rings. The Bertz CT molecular complexity index is 577. The standard InChI is InChI=1S/C15H21BrN4/c1-10(2)20-9-18-19-15(20)8-17-12(4)13-5-6-14(16)11(3)7-13/h5-7,9-10,12,17H,8H2,1-4H3/t12-/m1/s1. The molecular formula is C15H21BrN4. The van der Waals surface area contributed by atoms with E-state index in [1.165, 1.54) is 11.1 Å². The van der Waals surface area contributed by atoms with Crippen LogP contribution in [-0.4, -0.2) is 14.8 Å². The molecular weight excluding hydrogens is 316 g/mol. The minimum atomic E-state index is 0.277. The number of hydrogen-bond acceptors (Lipinski definition) is 3. The Morgan fingerprint density at radius 1 is 1.30 bits per heavy atom. The first kappa shape index (κ1) is 15.2. The molecule has 0 bridgehead atoms. The van der Waals surface area contributed by atoms with Gasteiger partial charge in [-0.1, -0.05) is 28.1 Å². The number of nitrogens with one attached hydrogen (secondary N) is 1. The van der Waals surface area contributed by atoms with E-state index in [2.05, 4.69) is 81.9 Å². The van der Waals surface area contributed by atoms with Crippen molar-refractivity contribution >= 4 is 15.9 Å². The first-order chi connectivity index (χ1) is 9.49. The molecule has 1 N–H and O–H groups in total. The van der Waals surface area contributed by atoms with Gasteiger partial charge >= 0.3 is 0 Å². The van der Waals surface area contributed by atoms with Gasteiger partial charge in [-0.25, -0.2) is 0 Å². The van der Waals surface area contributed by atoms with Gasteiger partial charge in [0.1, 0.15) is 12.2 Å². The van der Waals surface area contributed by atoms with Crippen molar-refractivity contribution in [3.8, 4) is 0 Å². The maximum Gasteiger partial charge on any atom is 0.147 e. The first-order valence-corrected chi connectivity index (χ1v) is 7.66. The summed E-state index contributed by atoms with van der Waals surface area (Å²) >= 11 is 3.53. The van der Waals surface area contributed by atoms with Crippen LogP contribution in [0, 0.1) is 6.92 Å². The third kappa shape index (κ3) is 3.46. The topological polar surface area (TPSA) is 42.7 Å². The van der Waals surface area contributed by atoms with Crippen LogP contribution in [0.5, 0.6) is 0 Å². The van der Waals surface area contributed by atoms with E-state index in [0.29, 0.717) is 12.6 Å². The molecule has 0 spiro atoms. The predicted molar refractivity (Wildman–Crippen MR) is 84.5 cm³/mol. The summed E-state index contributed by atoms with van der Waals surface area (Å²) in [4.78, 5) is 0. The Balaban J connectivity index is 2.03. The Hall–Kier alpha value is -1.20. The maximum absolute atomic E-state index is 4.18. The monoisotopic (exact) mass is 336 g/mol. The number of halogens is 1. The highest BCUT2D eigenvalue weighted by Gasteiger charge is 2.10. The molecule has 5 heteroatoms. The van der Waals surface area contributed by atoms with E-state index in [4.69, 9.17) is 0 Å². The van der Waals surface area contributed by atoms with E-state index >= 15 is 0 Å². The lowest BCUT2D eigenvalue weighted by molar-refractivity contribution is 0.509. The van der Waals surface area contributed by atoms with Crippen LogP contribution >= 0.6 is 15.9 Å². The highest BCUT2D eigenvalue weighted by atomic mass is 79.9. The van der Waals surface area contributed by atoms with Crippen molar-refractivity contribution in [2.75, 3.05) is 0 Å². The molecule has 2 rings (SSSR count). The molecule has 4 nitrogen and oxygen atoms in total. The van der Waals surface area contributed by atoms with Crippen molar-refractivity contribution in [2.24, 2.45) is 0 Å². The van der Waals surface area contributed by atoms with E-state index < -0.39 is 0 Å². The molecule has 20 heavy (non-hydrogen) atoms. The third-order valence-corrected chi connectivity index (χ3v) is 4.34. The summed E-state index contributed by atoms with van der Waals surface area (Å²) in [5.74, 6) is 0.973. The SMILES string of the molecule is Cc1cc([C@@H](C)NCc2nncn2C(C)C)ccc1Br. The molecule has 1 aromatic heterocycles. The lowest BCUT2D eigenvalue weighted by Gasteiger charge is -2.16. The second-order valence-corrected chi connectivity index (χ2v) is 6.21. The summed E-state index contributed by atoms with van der Waals surface area (Å²) in [6.45, 7) is 9.26. The second kappa shape index (κ2) is 6.50. The Labute approximate surface area is 128 Å². The average molecular weight is 337 g/mol. The average Bonchev–Trinajstić information content (AvgIpc) is 2.87. The van der Waals surface area contributed by atoms with Crippen LogP contribution in [0.2, 0.25) is 0 Å². The van der Waals surface area contributed by atoms with Gasteiger partial charge in [0, 0.05) is 16.6 Å². The molecule has 0 fully saturated rings. The van der Waals surface area contributed by atoms with Crippen LogP contribution in [0.15, 0.2) is 29.0 Å². The summed E-state index contributed by atoms with van der Waals surface area (Å²) < 4.78 is 3.24. The van der Waals surface area contributed by atoms with Crippen molar-refractivity contribution in [3.63, 3.8) is 0 Å². The van der Waals surface area contributed by atoms with Crippen LogP contribution in [0.1, 0.15) is 49.8 Å². The zero-order valence-electron chi connectivity index (χ0n) is 12.4. The van der Waals surface area contributed by atoms with Gasteiger partial charge in [0.25, 0.3) is 0 Å². The predicted octanol–water partition coefficient (Wildman–Crippen LogP) is 3.78. The van der Waals surface area contributed by atoms with Gasteiger partial charge in [-0.3, -0.25) is 0 Å². The summed E-state index contributed by atoms with van der Waals surface area (Å²) in [5.41, 5.74) is 2.53. The number of nitrogens with zero attached hydrogens (tertiary/aromatic N) is 3. The molecule has 1 heterocycles. The van der Waals surface area contributed by atoms with Gasteiger partial charge in [-0.15, -0.1) is 10.2 Å². The van der Waals surface area contributed by atoms with Crippen LogP contribution in [0.4, 0.5) is 0 Å². The van der Waals surface area contributed by atoms with Crippen molar-refractivity contribution in [1.29, 1.82) is 0 Å². The number of aryl methyl sites for hydroxylation is 1. The molecule has 0 saturated heterocycles. The van der Waals surface area contributed by atoms with Crippen LogP contribution in [-0.2, 0) is 6.54 Å². The molecule has 1 atom stereocenters. The van der Waals surface area contributed by atoms with Crippen LogP contribution in [0.3, 0.4) is 0 Å². The zero-order valence-corrected chi connectivity index (χ0v) is 14.0.